The van der Waals surface area contributed by atoms with E-state index in [0.717, 1.165) is 0 Å². The summed E-state index contributed by atoms with van der Waals surface area (Å²) in [4.78, 5) is 3.93. The molecule has 0 amide bonds. The maximum absolute atomic E-state index is 13.4. The summed E-state index contributed by atoms with van der Waals surface area (Å²) in [6.07, 6.45) is 1.29. The van der Waals surface area contributed by atoms with Crippen LogP contribution < -0.4 is 5.43 Å². The Morgan fingerprint density at radius 3 is 2.95 bits per heavy atom. The van der Waals surface area contributed by atoms with Crippen LogP contribution in [0.4, 0.5) is 10.3 Å². The van der Waals surface area contributed by atoms with Crippen LogP contribution in [0.1, 0.15) is 24.1 Å². The molecule has 6 heteroatoms. The molecule has 0 aliphatic carbocycles. The molecular weight excluding hydrogens is 259 g/mol. The van der Waals surface area contributed by atoms with Crippen LogP contribution >= 0.6 is 0 Å². The van der Waals surface area contributed by atoms with E-state index >= 15 is 0 Å². The van der Waals surface area contributed by atoms with Crippen LogP contribution in [0.15, 0.2) is 40.4 Å². The monoisotopic (exact) mass is 270 g/mol. The van der Waals surface area contributed by atoms with E-state index in [0.29, 0.717) is 11.1 Å². The molecule has 2 aromatic rings. The van der Waals surface area contributed by atoms with Gasteiger partial charge in [0.15, 0.2) is 0 Å². The molecule has 0 atom stereocenters. The van der Waals surface area contributed by atoms with Gasteiger partial charge in [-0.25, -0.2) is 9.82 Å². The smallest absolute Gasteiger partial charge is 0.252 e. The number of hydrazone groups is 1. The number of anilines is 1. The van der Waals surface area contributed by atoms with Crippen molar-refractivity contribution >= 4 is 17.7 Å². The van der Waals surface area contributed by atoms with Crippen LogP contribution in [0.25, 0.3) is 5.57 Å². The van der Waals surface area contributed by atoms with Gasteiger partial charge in [-0.05, 0) is 13.0 Å². The molecule has 0 aliphatic rings. The molecule has 2 rings (SSSR count). The predicted molar refractivity (Wildman–Crippen MR) is 73.5 cm³/mol. The zero-order valence-corrected chi connectivity index (χ0v) is 10.7. The third-order valence-electron chi connectivity index (χ3n) is 2.37. The lowest BCUT2D eigenvalue weighted by molar-refractivity contribution is 0.554. The maximum atomic E-state index is 13.4. The largest absolute Gasteiger partial charge is 0.418 e. The summed E-state index contributed by atoms with van der Waals surface area (Å²) < 4.78 is 18.6. The quantitative estimate of drug-likeness (QED) is 0.684. The van der Waals surface area contributed by atoms with Gasteiger partial charge in [0.1, 0.15) is 11.9 Å². The molecule has 1 heterocycles. The van der Waals surface area contributed by atoms with Crippen LogP contribution in [0.2, 0.25) is 0 Å². The highest BCUT2D eigenvalue weighted by Crippen LogP contribution is 2.20. The minimum Gasteiger partial charge on any atom is -0.418 e. The SMILES string of the molecule is C=C(C)c1nc(C#N)c(N/N=C\c2ccccc2F)o1. The van der Waals surface area contributed by atoms with Crippen LogP contribution in [0, 0.1) is 17.1 Å². The Kier molecular flexibility index (Phi) is 3.91. The topological polar surface area (TPSA) is 74.2 Å². The highest BCUT2D eigenvalue weighted by atomic mass is 19.1. The van der Waals surface area contributed by atoms with Gasteiger partial charge in [-0.3, -0.25) is 0 Å². The van der Waals surface area contributed by atoms with E-state index in [1.807, 2.05) is 6.07 Å². The lowest BCUT2D eigenvalue weighted by atomic mass is 10.2. The fourth-order valence-electron chi connectivity index (χ4n) is 1.39. The first kappa shape index (κ1) is 13.5. The number of benzene rings is 1. The normalized spacial score (nSPS) is 10.4. The number of nitriles is 1. The fourth-order valence-corrected chi connectivity index (χ4v) is 1.39. The Labute approximate surface area is 115 Å². The second-order valence-electron chi connectivity index (χ2n) is 3.98. The van der Waals surface area contributed by atoms with Crippen molar-refractivity contribution in [2.45, 2.75) is 6.92 Å². The molecule has 0 unspecified atom stereocenters. The Morgan fingerprint density at radius 2 is 2.30 bits per heavy atom. The predicted octanol–water partition coefficient (Wildman–Crippen LogP) is 3.16. The number of nitrogens with one attached hydrogen (secondary N) is 1. The molecule has 0 bridgehead atoms. The Bertz CT molecular complexity index is 712. The summed E-state index contributed by atoms with van der Waals surface area (Å²) in [5, 5.41) is 12.7. The zero-order valence-electron chi connectivity index (χ0n) is 10.7. The molecule has 0 aliphatic heterocycles. The van der Waals surface area contributed by atoms with Crippen molar-refractivity contribution in [2.75, 3.05) is 5.43 Å². The zero-order chi connectivity index (χ0) is 14.5. The maximum Gasteiger partial charge on any atom is 0.252 e. The summed E-state index contributed by atoms with van der Waals surface area (Å²) in [7, 11) is 0. The summed E-state index contributed by atoms with van der Waals surface area (Å²) >= 11 is 0. The summed E-state index contributed by atoms with van der Waals surface area (Å²) in [6, 6.07) is 8.06. The number of nitrogens with zero attached hydrogens (tertiary/aromatic N) is 3. The van der Waals surface area contributed by atoms with Gasteiger partial charge in [-0.2, -0.15) is 15.3 Å². The van der Waals surface area contributed by atoms with Crippen molar-refractivity contribution in [3.8, 4) is 6.07 Å². The van der Waals surface area contributed by atoms with Crippen molar-refractivity contribution in [2.24, 2.45) is 5.10 Å². The van der Waals surface area contributed by atoms with E-state index in [9.17, 15) is 4.39 Å². The van der Waals surface area contributed by atoms with Crippen LogP contribution in [0.5, 0.6) is 0 Å². The third-order valence-corrected chi connectivity index (χ3v) is 2.37. The molecule has 1 aromatic heterocycles. The number of oxazole rings is 1. The molecule has 0 fully saturated rings. The highest BCUT2D eigenvalue weighted by Gasteiger charge is 2.12. The standard InChI is InChI=1S/C14H11FN4O/c1-9(2)13-18-12(7-16)14(20-13)19-17-8-10-5-3-4-6-11(10)15/h3-6,8,19H,1H2,2H3/b17-8-. The van der Waals surface area contributed by atoms with Crippen molar-refractivity contribution < 1.29 is 8.81 Å². The van der Waals surface area contributed by atoms with E-state index in [-0.39, 0.29) is 17.5 Å². The van der Waals surface area contributed by atoms with E-state index < -0.39 is 5.82 Å². The van der Waals surface area contributed by atoms with Crippen molar-refractivity contribution in [3.63, 3.8) is 0 Å². The highest BCUT2D eigenvalue weighted by molar-refractivity contribution is 5.80. The van der Waals surface area contributed by atoms with Crippen molar-refractivity contribution in [1.82, 2.24) is 4.98 Å². The molecule has 0 spiro atoms. The molecule has 0 saturated carbocycles. The van der Waals surface area contributed by atoms with Gasteiger partial charge >= 0.3 is 0 Å². The average molecular weight is 270 g/mol. The molecular formula is C14H11FN4O. The first-order valence-electron chi connectivity index (χ1n) is 5.72. The molecule has 1 N–H and O–H groups in total. The fraction of sp³-hybridized carbons (Fsp3) is 0.0714. The molecule has 1 aromatic carbocycles. The van der Waals surface area contributed by atoms with Gasteiger partial charge in [0.05, 0.1) is 6.21 Å². The minimum atomic E-state index is -0.390. The summed E-state index contributed by atoms with van der Waals surface area (Å²) in [6.45, 7) is 5.38. The number of allylic oxidation sites excluding steroid dienone is 1. The van der Waals surface area contributed by atoms with Gasteiger partial charge in [0.25, 0.3) is 5.88 Å². The van der Waals surface area contributed by atoms with Crippen LogP contribution in [-0.4, -0.2) is 11.2 Å². The molecule has 0 saturated heterocycles. The van der Waals surface area contributed by atoms with E-state index in [1.165, 1.54) is 12.3 Å². The van der Waals surface area contributed by atoms with Crippen molar-refractivity contribution in [3.05, 3.63) is 53.8 Å². The molecule has 100 valence electrons. The number of aromatic nitrogens is 1. The molecule has 0 radical (unpaired) electrons. The van der Waals surface area contributed by atoms with Gasteiger partial charge in [0, 0.05) is 11.1 Å². The molecule has 20 heavy (non-hydrogen) atoms. The minimum absolute atomic E-state index is 0.0636. The Balaban J connectivity index is 2.17. The van der Waals surface area contributed by atoms with Crippen LogP contribution in [-0.2, 0) is 0 Å². The number of halogens is 1. The second kappa shape index (κ2) is 5.80. The average Bonchev–Trinajstić information content (AvgIpc) is 2.84. The summed E-state index contributed by atoms with van der Waals surface area (Å²) in [5.74, 6) is -0.0398. The number of rotatable bonds is 4. The Hall–Kier alpha value is -2.94. The van der Waals surface area contributed by atoms with Crippen molar-refractivity contribution in [1.29, 1.82) is 5.26 Å². The lowest BCUT2D eigenvalue weighted by Gasteiger charge is -1.96. The van der Waals surface area contributed by atoms with E-state index in [1.54, 1.807) is 25.1 Å². The first-order valence-corrected chi connectivity index (χ1v) is 5.72. The third kappa shape index (κ3) is 2.90. The second-order valence-corrected chi connectivity index (χ2v) is 3.98. The van der Waals surface area contributed by atoms with Gasteiger partial charge < -0.3 is 4.42 Å². The van der Waals surface area contributed by atoms with Crippen LogP contribution in [0.3, 0.4) is 0 Å². The first-order chi connectivity index (χ1) is 9.61. The number of hydrogen-bond acceptors (Lipinski definition) is 5. The van der Waals surface area contributed by atoms with Gasteiger partial charge in [-0.15, -0.1) is 0 Å². The van der Waals surface area contributed by atoms with E-state index in [2.05, 4.69) is 22.1 Å². The molecule has 5 nitrogen and oxygen atoms in total. The number of hydrogen-bond donors (Lipinski definition) is 1. The van der Waals surface area contributed by atoms with E-state index in [4.69, 9.17) is 9.68 Å². The summed E-state index contributed by atoms with van der Waals surface area (Å²) in [5.41, 5.74) is 3.50. The lowest BCUT2D eigenvalue weighted by Crippen LogP contribution is -1.93. The Morgan fingerprint density at radius 1 is 1.55 bits per heavy atom. The van der Waals surface area contributed by atoms with Gasteiger partial charge in [0.2, 0.25) is 11.6 Å². The van der Waals surface area contributed by atoms with Gasteiger partial charge in [-0.1, -0.05) is 24.8 Å².